The van der Waals surface area contributed by atoms with Crippen LogP contribution in [0.2, 0.25) is 0 Å². The largest absolute Gasteiger partial charge is 0.382 e. The molecule has 0 aromatic carbocycles. The van der Waals surface area contributed by atoms with Crippen LogP contribution in [0.15, 0.2) is 0 Å². The lowest BCUT2D eigenvalue weighted by atomic mass is 10.2. The van der Waals surface area contributed by atoms with Gasteiger partial charge >= 0.3 is 0 Å². The van der Waals surface area contributed by atoms with Gasteiger partial charge in [-0.05, 0) is 33.2 Å². The number of likely N-dealkylation sites (N-methyl/N-ethyl adjacent to an activating group) is 1. The number of rotatable bonds is 8. The Morgan fingerprint density at radius 1 is 1.57 bits per heavy atom. The number of hydrogen-bond donors (Lipinski definition) is 3. The Bertz CT molecular complexity index is 486. The number of hydrogen-bond acceptors (Lipinski definition) is 6. The maximum atomic E-state index is 12.1. The molecule has 4 N–H and O–H groups in total. The number of nitrogens with two attached hydrogens (primary N) is 1. The van der Waals surface area contributed by atoms with Crippen LogP contribution in [0, 0.1) is 0 Å². The van der Waals surface area contributed by atoms with Crippen molar-refractivity contribution < 1.29 is 4.79 Å². The second-order valence-electron chi connectivity index (χ2n) is 5.65. The van der Waals surface area contributed by atoms with Crippen molar-refractivity contribution in [2.24, 2.45) is 0 Å². The number of thiazole rings is 1. The highest BCUT2D eigenvalue weighted by Gasteiger charge is 2.24. The molecule has 1 fully saturated rings. The van der Waals surface area contributed by atoms with Crippen LogP contribution >= 0.6 is 11.3 Å². The summed E-state index contributed by atoms with van der Waals surface area (Å²) in [4.78, 5) is 19.1. The summed E-state index contributed by atoms with van der Waals surface area (Å²) in [6.45, 7) is 5.78. The molecule has 6 nitrogen and oxygen atoms in total. The van der Waals surface area contributed by atoms with Gasteiger partial charge in [0.15, 0.2) is 5.13 Å². The number of nitrogens with zero attached hydrogens (tertiary/aromatic N) is 2. The molecule has 1 saturated carbocycles. The van der Waals surface area contributed by atoms with Crippen LogP contribution in [0.25, 0.3) is 0 Å². The van der Waals surface area contributed by atoms with Crippen molar-refractivity contribution in [3.8, 4) is 0 Å². The Kier molecular flexibility index (Phi) is 5.41. The third-order valence-electron chi connectivity index (χ3n) is 3.86. The lowest BCUT2D eigenvalue weighted by Gasteiger charge is -2.23. The SMILES string of the molecule is CCC(C)N(C)CCNC(=O)c1sc(NC2CC2)nc1N. The molecule has 0 saturated heterocycles. The Labute approximate surface area is 130 Å². The van der Waals surface area contributed by atoms with Gasteiger partial charge in [0.25, 0.3) is 5.91 Å². The van der Waals surface area contributed by atoms with Gasteiger partial charge in [-0.25, -0.2) is 4.98 Å². The number of anilines is 2. The number of amides is 1. The first-order valence-corrected chi connectivity index (χ1v) is 8.34. The standard InChI is InChI=1S/C14H25N5OS/c1-4-9(2)19(3)8-7-16-13(20)11-12(15)18-14(21-11)17-10-5-6-10/h9-10H,4-8,15H2,1-3H3,(H,16,20)(H,17,18). The molecular formula is C14H25N5OS. The molecule has 0 aliphatic heterocycles. The fourth-order valence-electron chi connectivity index (χ4n) is 1.92. The van der Waals surface area contributed by atoms with Crippen LogP contribution in [-0.4, -0.2) is 48.0 Å². The average Bonchev–Trinajstić information content (AvgIpc) is 3.19. The summed E-state index contributed by atoms with van der Waals surface area (Å²) in [6, 6.07) is 1.03. The fraction of sp³-hybridized carbons (Fsp3) is 0.714. The van der Waals surface area contributed by atoms with Crippen molar-refractivity contribution in [2.75, 3.05) is 31.2 Å². The summed E-state index contributed by atoms with van der Waals surface area (Å²) in [5.74, 6) is 0.183. The van der Waals surface area contributed by atoms with Gasteiger partial charge in [0.1, 0.15) is 10.7 Å². The number of carbonyl (C=O) groups excluding carboxylic acids is 1. The van der Waals surface area contributed by atoms with E-state index >= 15 is 0 Å². The van der Waals surface area contributed by atoms with Crippen LogP contribution in [0.4, 0.5) is 10.9 Å². The molecule has 2 rings (SSSR count). The molecule has 1 amide bonds. The highest BCUT2D eigenvalue weighted by atomic mass is 32.1. The topological polar surface area (TPSA) is 83.3 Å². The van der Waals surface area contributed by atoms with Crippen molar-refractivity contribution >= 4 is 28.2 Å². The van der Waals surface area contributed by atoms with Gasteiger partial charge in [-0.3, -0.25) is 4.79 Å². The average molecular weight is 311 g/mol. The predicted octanol–water partition coefficient (Wildman–Crippen LogP) is 1.76. The zero-order chi connectivity index (χ0) is 15.4. The minimum absolute atomic E-state index is 0.133. The van der Waals surface area contributed by atoms with E-state index in [9.17, 15) is 4.79 Å². The minimum atomic E-state index is -0.133. The van der Waals surface area contributed by atoms with Gasteiger partial charge in [0.05, 0.1) is 0 Å². The smallest absolute Gasteiger partial charge is 0.265 e. The number of aromatic nitrogens is 1. The van der Waals surface area contributed by atoms with Crippen molar-refractivity contribution in [1.82, 2.24) is 15.2 Å². The Balaban J connectivity index is 1.81. The van der Waals surface area contributed by atoms with Gasteiger partial charge in [-0.1, -0.05) is 18.3 Å². The van der Waals surface area contributed by atoms with Gasteiger partial charge in [0.2, 0.25) is 0 Å². The van der Waals surface area contributed by atoms with E-state index in [0.29, 0.717) is 29.3 Å². The lowest BCUT2D eigenvalue weighted by Crippen LogP contribution is -2.37. The second-order valence-corrected chi connectivity index (χ2v) is 6.64. The summed E-state index contributed by atoms with van der Waals surface area (Å²) < 4.78 is 0. The molecular weight excluding hydrogens is 286 g/mol. The summed E-state index contributed by atoms with van der Waals surface area (Å²) in [5.41, 5.74) is 5.83. The van der Waals surface area contributed by atoms with Crippen LogP contribution < -0.4 is 16.4 Å². The summed E-state index contributed by atoms with van der Waals surface area (Å²) >= 11 is 1.33. The Morgan fingerprint density at radius 3 is 2.90 bits per heavy atom. The zero-order valence-electron chi connectivity index (χ0n) is 13.0. The number of carbonyl (C=O) groups is 1. The van der Waals surface area contributed by atoms with Crippen LogP contribution in [0.1, 0.15) is 42.8 Å². The molecule has 1 heterocycles. The molecule has 1 aromatic heterocycles. The van der Waals surface area contributed by atoms with E-state index in [1.54, 1.807) is 0 Å². The van der Waals surface area contributed by atoms with Crippen molar-refractivity contribution in [2.45, 2.75) is 45.2 Å². The summed E-state index contributed by atoms with van der Waals surface area (Å²) in [7, 11) is 2.07. The minimum Gasteiger partial charge on any atom is -0.382 e. The van der Waals surface area contributed by atoms with Crippen LogP contribution in [0.3, 0.4) is 0 Å². The van der Waals surface area contributed by atoms with E-state index in [1.165, 1.54) is 24.2 Å². The highest BCUT2D eigenvalue weighted by molar-refractivity contribution is 7.18. The number of nitrogen functional groups attached to an aromatic ring is 1. The first-order chi connectivity index (χ1) is 10.0. The van der Waals surface area contributed by atoms with E-state index in [4.69, 9.17) is 5.73 Å². The zero-order valence-corrected chi connectivity index (χ0v) is 13.8. The fourth-order valence-corrected chi connectivity index (χ4v) is 2.79. The first kappa shape index (κ1) is 16.0. The molecule has 1 aliphatic carbocycles. The molecule has 7 heteroatoms. The van der Waals surface area contributed by atoms with Gasteiger partial charge in [-0.15, -0.1) is 0 Å². The molecule has 1 aromatic rings. The first-order valence-electron chi connectivity index (χ1n) is 7.52. The normalized spacial score (nSPS) is 16.0. The molecule has 0 spiro atoms. The molecule has 1 aliphatic rings. The third kappa shape index (κ3) is 4.57. The van der Waals surface area contributed by atoms with Gasteiger partial charge in [0, 0.05) is 25.2 Å². The van der Waals surface area contributed by atoms with Gasteiger partial charge in [-0.2, -0.15) is 0 Å². The van der Waals surface area contributed by atoms with E-state index in [2.05, 4.69) is 41.4 Å². The summed E-state index contributed by atoms with van der Waals surface area (Å²) in [5, 5.41) is 6.93. The number of nitrogens with one attached hydrogen (secondary N) is 2. The Morgan fingerprint density at radius 2 is 2.29 bits per heavy atom. The van der Waals surface area contributed by atoms with E-state index in [-0.39, 0.29) is 5.91 Å². The van der Waals surface area contributed by atoms with Gasteiger partial charge < -0.3 is 21.3 Å². The third-order valence-corrected chi connectivity index (χ3v) is 4.86. The molecule has 118 valence electrons. The Hall–Kier alpha value is -1.34. The highest BCUT2D eigenvalue weighted by Crippen LogP contribution is 2.30. The molecule has 21 heavy (non-hydrogen) atoms. The quantitative estimate of drug-likeness (QED) is 0.681. The van der Waals surface area contributed by atoms with Crippen molar-refractivity contribution in [1.29, 1.82) is 0 Å². The predicted molar refractivity (Wildman–Crippen MR) is 87.9 cm³/mol. The van der Waals surface area contributed by atoms with Crippen LogP contribution in [-0.2, 0) is 0 Å². The van der Waals surface area contributed by atoms with E-state index in [0.717, 1.165) is 18.1 Å². The van der Waals surface area contributed by atoms with E-state index < -0.39 is 0 Å². The maximum Gasteiger partial charge on any atom is 0.265 e. The molecule has 1 atom stereocenters. The van der Waals surface area contributed by atoms with E-state index in [1.807, 2.05) is 0 Å². The molecule has 1 unspecified atom stereocenters. The molecule has 0 radical (unpaired) electrons. The summed E-state index contributed by atoms with van der Waals surface area (Å²) in [6.07, 6.45) is 3.44. The van der Waals surface area contributed by atoms with Crippen molar-refractivity contribution in [3.63, 3.8) is 0 Å². The van der Waals surface area contributed by atoms with Crippen molar-refractivity contribution in [3.05, 3.63) is 4.88 Å². The molecule has 0 bridgehead atoms. The van der Waals surface area contributed by atoms with Crippen LogP contribution in [0.5, 0.6) is 0 Å². The monoisotopic (exact) mass is 311 g/mol. The lowest BCUT2D eigenvalue weighted by molar-refractivity contribution is 0.0952. The second kappa shape index (κ2) is 7.09. The maximum absolute atomic E-state index is 12.1.